The smallest absolute Gasteiger partial charge is 0.125 e. The number of nitrogens with two attached hydrogens (primary N) is 1. The highest BCUT2D eigenvalue weighted by Crippen LogP contribution is 2.28. The molecule has 3 nitrogen and oxygen atoms in total. The maximum atomic E-state index is 6.05. The number of halogens is 1. The topological polar surface area (TPSA) is 43.8 Å². The first-order chi connectivity index (χ1) is 8.13. The zero-order valence-electron chi connectivity index (χ0n) is 10.1. The lowest BCUT2D eigenvalue weighted by Gasteiger charge is -2.02. The molecule has 2 aromatic rings. The summed E-state index contributed by atoms with van der Waals surface area (Å²) in [5, 5.41) is 4.51. The summed E-state index contributed by atoms with van der Waals surface area (Å²) in [5.41, 5.74) is 9.31. The fraction of sp³-hybridized carbons (Fsp3) is 0.308. The summed E-state index contributed by atoms with van der Waals surface area (Å²) in [7, 11) is 1.89. The van der Waals surface area contributed by atoms with Crippen molar-refractivity contribution in [1.82, 2.24) is 9.78 Å². The van der Waals surface area contributed by atoms with Crippen molar-refractivity contribution in [2.75, 3.05) is 5.73 Å². The van der Waals surface area contributed by atoms with Crippen LogP contribution in [0.5, 0.6) is 0 Å². The Hall–Kier alpha value is -1.29. The minimum Gasteiger partial charge on any atom is -0.384 e. The minimum atomic E-state index is 0.768. The largest absolute Gasteiger partial charge is 0.384 e. The molecule has 90 valence electrons. The molecule has 1 aromatic heterocycles. The molecule has 0 aliphatic carbocycles. The van der Waals surface area contributed by atoms with Gasteiger partial charge in [-0.3, -0.25) is 4.68 Å². The maximum Gasteiger partial charge on any atom is 0.125 e. The van der Waals surface area contributed by atoms with Crippen LogP contribution in [-0.4, -0.2) is 9.78 Å². The average Bonchev–Trinajstić information content (AvgIpc) is 2.59. The van der Waals surface area contributed by atoms with Gasteiger partial charge in [-0.1, -0.05) is 41.4 Å². The molecule has 0 bridgehead atoms. The molecule has 0 saturated carbocycles. The van der Waals surface area contributed by atoms with E-state index in [0.29, 0.717) is 0 Å². The van der Waals surface area contributed by atoms with Crippen molar-refractivity contribution in [3.05, 3.63) is 34.3 Å². The number of aryl methyl sites for hydroxylation is 1. The first-order valence-electron chi connectivity index (χ1n) is 5.70. The van der Waals surface area contributed by atoms with Crippen LogP contribution in [0.15, 0.2) is 28.7 Å². The second kappa shape index (κ2) is 4.92. The van der Waals surface area contributed by atoms with Gasteiger partial charge in [0.2, 0.25) is 0 Å². The Morgan fingerprint density at radius 1 is 1.29 bits per heavy atom. The average molecular weight is 294 g/mol. The molecule has 1 aromatic carbocycles. The Kier molecular flexibility index (Phi) is 3.52. The van der Waals surface area contributed by atoms with Gasteiger partial charge in [-0.05, 0) is 18.6 Å². The number of aromatic nitrogens is 2. The summed E-state index contributed by atoms with van der Waals surface area (Å²) >= 11 is 3.44. The highest BCUT2D eigenvalue weighted by molar-refractivity contribution is 9.10. The van der Waals surface area contributed by atoms with Gasteiger partial charge in [0.15, 0.2) is 0 Å². The van der Waals surface area contributed by atoms with Crippen molar-refractivity contribution in [1.29, 1.82) is 0 Å². The van der Waals surface area contributed by atoms with Crippen LogP contribution in [0.3, 0.4) is 0 Å². The van der Waals surface area contributed by atoms with Crippen LogP contribution in [0.25, 0.3) is 11.3 Å². The van der Waals surface area contributed by atoms with Crippen molar-refractivity contribution < 1.29 is 0 Å². The number of hydrogen-bond acceptors (Lipinski definition) is 2. The zero-order chi connectivity index (χ0) is 12.4. The van der Waals surface area contributed by atoms with Gasteiger partial charge in [0.1, 0.15) is 5.82 Å². The SMILES string of the molecule is CCCc1c(-c2ccc(Br)cc2)nn(C)c1N. The summed E-state index contributed by atoms with van der Waals surface area (Å²) < 4.78 is 2.82. The summed E-state index contributed by atoms with van der Waals surface area (Å²) in [6, 6.07) is 8.17. The maximum absolute atomic E-state index is 6.05. The molecule has 0 saturated heterocycles. The monoisotopic (exact) mass is 293 g/mol. The molecular formula is C13H16BrN3. The van der Waals surface area contributed by atoms with Crippen LogP contribution in [0.1, 0.15) is 18.9 Å². The third-order valence-electron chi connectivity index (χ3n) is 2.81. The molecule has 0 spiro atoms. The van der Waals surface area contributed by atoms with Crippen LogP contribution < -0.4 is 5.73 Å². The van der Waals surface area contributed by atoms with Crippen LogP contribution in [-0.2, 0) is 13.5 Å². The highest BCUT2D eigenvalue weighted by Gasteiger charge is 2.14. The molecule has 2 rings (SSSR count). The van der Waals surface area contributed by atoms with Gasteiger partial charge in [-0.25, -0.2) is 0 Å². The lowest BCUT2D eigenvalue weighted by molar-refractivity contribution is 0.781. The molecular weight excluding hydrogens is 278 g/mol. The van der Waals surface area contributed by atoms with E-state index in [9.17, 15) is 0 Å². The van der Waals surface area contributed by atoms with Gasteiger partial charge < -0.3 is 5.73 Å². The minimum absolute atomic E-state index is 0.768. The van der Waals surface area contributed by atoms with Crippen molar-refractivity contribution >= 4 is 21.7 Å². The molecule has 0 unspecified atom stereocenters. The van der Waals surface area contributed by atoms with E-state index in [1.807, 2.05) is 19.2 Å². The molecule has 0 aliphatic heterocycles. The highest BCUT2D eigenvalue weighted by atomic mass is 79.9. The van der Waals surface area contributed by atoms with Crippen LogP contribution in [0, 0.1) is 0 Å². The first kappa shape index (κ1) is 12.2. The van der Waals surface area contributed by atoms with Crippen molar-refractivity contribution in [3.63, 3.8) is 0 Å². The Balaban J connectivity index is 2.50. The number of nitrogen functional groups attached to an aromatic ring is 1. The van der Waals surface area contributed by atoms with E-state index in [0.717, 1.165) is 40.0 Å². The fourth-order valence-electron chi connectivity index (χ4n) is 1.92. The van der Waals surface area contributed by atoms with E-state index in [4.69, 9.17) is 5.73 Å². The molecule has 0 atom stereocenters. The van der Waals surface area contributed by atoms with Crippen LogP contribution in [0.4, 0.5) is 5.82 Å². The van der Waals surface area contributed by atoms with Crippen molar-refractivity contribution in [2.24, 2.45) is 7.05 Å². The summed E-state index contributed by atoms with van der Waals surface area (Å²) in [6.07, 6.45) is 2.03. The molecule has 17 heavy (non-hydrogen) atoms. The molecule has 0 fully saturated rings. The van der Waals surface area contributed by atoms with E-state index < -0.39 is 0 Å². The number of benzene rings is 1. The number of nitrogens with zero attached hydrogens (tertiary/aromatic N) is 2. The van der Waals surface area contributed by atoms with E-state index >= 15 is 0 Å². The van der Waals surface area contributed by atoms with E-state index in [-0.39, 0.29) is 0 Å². The Bertz CT molecular complexity index is 514. The van der Waals surface area contributed by atoms with E-state index in [1.54, 1.807) is 4.68 Å². The first-order valence-corrected chi connectivity index (χ1v) is 6.50. The summed E-state index contributed by atoms with van der Waals surface area (Å²) in [5.74, 6) is 0.768. The van der Waals surface area contributed by atoms with Gasteiger partial charge in [0, 0.05) is 22.6 Å². The number of rotatable bonds is 3. The fourth-order valence-corrected chi connectivity index (χ4v) is 2.18. The molecule has 4 heteroatoms. The lowest BCUT2D eigenvalue weighted by Crippen LogP contribution is -1.99. The molecule has 0 aliphatic rings. The standard InChI is InChI=1S/C13H16BrN3/c1-3-4-11-12(16-17(2)13(11)15)9-5-7-10(14)8-6-9/h5-8H,3-4,15H2,1-2H3. The Labute approximate surface area is 110 Å². The number of hydrogen-bond donors (Lipinski definition) is 1. The quantitative estimate of drug-likeness (QED) is 0.943. The van der Waals surface area contributed by atoms with E-state index in [2.05, 4.69) is 40.1 Å². The van der Waals surface area contributed by atoms with Gasteiger partial charge in [-0.2, -0.15) is 5.10 Å². The molecule has 1 heterocycles. The summed E-state index contributed by atoms with van der Waals surface area (Å²) in [4.78, 5) is 0. The second-order valence-electron chi connectivity index (χ2n) is 4.09. The zero-order valence-corrected chi connectivity index (χ0v) is 11.7. The Morgan fingerprint density at radius 3 is 2.53 bits per heavy atom. The predicted octanol–water partition coefficient (Wildman–Crippen LogP) is 3.38. The van der Waals surface area contributed by atoms with Crippen LogP contribution in [0.2, 0.25) is 0 Å². The third-order valence-corrected chi connectivity index (χ3v) is 3.34. The summed E-state index contributed by atoms with van der Waals surface area (Å²) in [6.45, 7) is 2.15. The Morgan fingerprint density at radius 2 is 1.94 bits per heavy atom. The predicted molar refractivity (Wildman–Crippen MR) is 74.8 cm³/mol. The molecule has 0 amide bonds. The molecule has 0 radical (unpaired) electrons. The number of anilines is 1. The van der Waals surface area contributed by atoms with Crippen LogP contribution >= 0.6 is 15.9 Å². The molecule has 2 N–H and O–H groups in total. The third kappa shape index (κ3) is 2.36. The van der Waals surface area contributed by atoms with Gasteiger partial charge >= 0.3 is 0 Å². The lowest BCUT2D eigenvalue weighted by atomic mass is 10.0. The van der Waals surface area contributed by atoms with Gasteiger partial charge in [-0.15, -0.1) is 0 Å². The van der Waals surface area contributed by atoms with E-state index in [1.165, 1.54) is 0 Å². The second-order valence-corrected chi connectivity index (χ2v) is 5.01. The van der Waals surface area contributed by atoms with Gasteiger partial charge in [0.25, 0.3) is 0 Å². The van der Waals surface area contributed by atoms with Gasteiger partial charge in [0.05, 0.1) is 5.69 Å². The van der Waals surface area contributed by atoms with Crippen molar-refractivity contribution in [3.8, 4) is 11.3 Å². The van der Waals surface area contributed by atoms with Crippen molar-refractivity contribution in [2.45, 2.75) is 19.8 Å². The normalized spacial score (nSPS) is 10.8.